The predicted molar refractivity (Wildman–Crippen MR) is 75.4 cm³/mol. The van der Waals surface area contributed by atoms with Gasteiger partial charge in [-0.15, -0.1) is 0 Å². The van der Waals surface area contributed by atoms with Crippen LogP contribution in [0.25, 0.3) is 6.08 Å². The number of hydrogen-bond donors (Lipinski definition) is 1. The minimum atomic E-state index is -0.928. The Labute approximate surface area is 113 Å². The summed E-state index contributed by atoms with van der Waals surface area (Å²) in [6.07, 6.45) is 4.02. The second kappa shape index (κ2) is 6.38. The number of aliphatic carboxylic acids is 1. The van der Waals surface area contributed by atoms with Crippen molar-refractivity contribution in [1.82, 2.24) is 0 Å². The van der Waals surface area contributed by atoms with Crippen LogP contribution in [0.1, 0.15) is 18.9 Å². The van der Waals surface area contributed by atoms with E-state index < -0.39 is 5.97 Å². The molecule has 102 valence electrons. The molecule has 19 heavy (non-hydrogen) atoms. The Kier molecular flexibility index (Phi) is 4.58. The average Bonchev–Trinajstić information content (AvgIpc) is 2.62. The molecule has 0 aliphatic carbocycles. The van der Waals surface area contributed by atoms with Crippen LogP contribution in [0.5, 0.6) is 0 Å². The third-order valence-corrected chi connectivity index (χ3v) is 3.13. The maximum absolute atomic E-state index is 10.5. The van der Waals surface area contributed by atoms with Crippen LogP contribution in [0, 0.1) is 0 Å². The van der Waals surface area contributed by atoms with Crippen molar-refractivity contribution in [2.75, 3.05) is 24.6 Å². The van der Waals surface area contributed by atoms with Crippen molar-refractivity contribution in [2.45, 2.75) is 19.4 Å². The van der Waals surface area contributed by atoms with Gasteiger partial charge < -0.3 is 14.7 Å². The fourth-order valence-electron chi connectivity index (χ4n) is 2.19. The van der Waals surface area contributed by atoms with Crippen LogP contribution >= 0.6 is 0 Å². The van der Waals surface area contributed by atoms with Gasteiger partial charge >= 0.3 is 5.97 Å². The first-order valence-corrected chi connectivity index (χ1v) is 6.53. The minimum absolute atomic E-state index is 0.245. The molecule has 0 bridgehead atoms. The number of anilines is 1. The molecule has 0 saturated carbocycles. The second-order valence-electron chi connectivity index (χ2n) is 4.74. The molecule has 1 atom stereocenters. The van der Waals surface area contributed by atoms with E-state index in [0.717, 1.165) is 43.4 Å². The van der Waals surface area contributed by atoms with Gasteiger partial charge in [0, 0.05) is 31.5 Å². The van der Waals surface area contributed by atoms with E-state index in [1.165, 1.54) is 0 Å². The maximum Gasteiger partial charge on any atom is 0.328 e. The quantitative estimate of drug-likeness (QED) is 0.849. The van der Waals surface area contributed by atoms with Gasteiger partial charge in [0.05, 0.1) is 6.10 Å². The van der Waals surface area contributed by atoms with E-state index in [1.54, 1.807) is 6.08 Å². The van der Waals surface area contributed by atoms with Gasteiger partial charge in [-0.2, -0.15) is 0 Å². The lowest BCUT2D eigenvalue weighted by molar-refractivity contribution is -0.131. The molecular weight excluding hydrogens is 242 g/mol. The Bertz CT molecular complexity index is 453. The minimum Gasteiger partial charge on any atom is -0.478 e. The molecule has 1 aliphatic heterocycles. The first-order valence-electron chi connectivity index (χ1n) is 6.53. The van der Waals surface area contributed by atoms with E-state index in [-0.39, 0.29) is 6.10 Å². The summed E-state index contributed by atoms with van der Waals surface area (Å²) in [4.78, 5) is 12.8. The molecule has 1 unspecified atom stereocenters. The molecular formula is C15H19NO3. The number of hydrogen-bond acceptors (Lipinski definition) is 3. The largest absolute Gasteiger partial charge is 0.478 e. The first kappa shape index (κ1) is 13.6. The fraction of sp³-hybridized carbons (Fsp3) is 0.400. The smallest absolute Gasteiger partial charge is 0.328 e. The van der Waals surface area contributed by atoms with Crippen molar-refractivity contribution in [3.63, 3.8) is 0 Å². The topological polar surface area (TPSA) is 49.8 Å². The van der Waals surface area contributed by atoms with Gasteiger partial charge in [0.25, 0.3) is 0 Å². The van der Waals surface area contributed by atoms with Crippen LogP contribution in [0.2, 0.25) is 0 Å². The monoisotopic (exact) mass is 261 g/mol. The van der Waals surface area contributed by atoms with E-state index >= 15 is 0 Å². The lowest BCUT2D eigenvalue weighted by Gasteiger charge is -2.24. The van der Waals surface area contributed by atoms with Crippen molar-refractivity contribution in [3.05, 3.63) is 35.9 Å². The summed E-state index contributed by atoms with van der Waals surface area (Å²) < 4.78 is 5.63. The lowest BCUT2D eigenvalue weighted by Crippen LogP contribution is -2.29. The van der Waals surface area contributed by atoms with E-state index in [0.29, 0.717) is 0 Å². The second-order valence-corrected chi connectivity index (χ2v) is 4.74. The summed E-state index contributed by atoms with van der Waals surface area (Å²) in [5.74, 6) is -0.928. The SMILES string of the molecule is CC1CN(c2ccc(/C=C/C(=O)O)cc2)CCCO1. The molecule has 4 heteroatoms. The van der Waals surface area contributed by atoms with Gasteiger partial charge in [-0.3, -0.25) is 0 Å². The molecule has 0 amide bonds. The van der Waals surface area contributed by atoms with E-state index in [4.69, 9.17) is 9.84 Å². The lowest BCUT2D eigenvalue weighted by atomic mass is 10.1. The molecule has 1 saturated heterocycles. The van der Waals surface area contributed by atoms with Gasteiger partial charge in [0.15, 0.2) is 0 Å². The molecule has 4 nitrogen and oxygen atoms in total. The molecule has 0 aromatic heterocycles. The highest BCUT2D eigenvalue weighted by atomic mass is 16.5. The highest BCUT2D eigenvalue weighted by molar-refractivity contribution is 5.85. The Hall–Kier alpha value is -1.81. The molecule has 1 aromatic rings. The van der Waals surface area contributed by atoms with E-state index in [1.807, 2.05) is 24.3 Å². The number of carbonyl (C=O) groups is 1. The summed E-state index contributed by atoms with van der Waals surface area (Å²) in [5, 5.41) is 8.58. The number of nitrogens with zero attached hydrogens (tertiary/aromatic N) is 1. The molecule has 1 aromatic carbocycles. The van der Waals surface area contributed by atoms with Crippen LogP contribution in [0.3, 0.4) is 0 Å². The van der Waals surface area contributed by atoms with Crippen molar-refractivity contribution >= 4 is 17.7 Å². The Balaban J connectivity index is 2.06. The summed E-state index contributed by atoms with van der Waals surface area (Å²) in [6, 6.07) is 7.93. The third-order valence-electron chi connectivity index (χ3n) is 3.13. The first-order chi connectivity index (χ1) is 9.15. The molecule has 0 spiro atoms. The standard InChI is InChI=1S/C15H19NO3/c1-12-11-16(9-2-10-19-12)14-6-3-13(4-7-14)5-8-15(17)18/h3-8,12H,2,9-11H2,1H3,(H,17,18)/b8-5+. The van der Waals surface area contributed by atoms with Gasteiger partial charge in [-0.05, 0) is 37.1 Å². The Morgan fingerprint density at radius 3 is 2.84 bits per heavy atom. The molecule has 1 aliphatic rings. The number of benzene rings is 1. The van der Waals surface area contributed by atoms with Crippen molar-refractivity contribution in [3.8, 4) is 0 Å². The van der Waals surface area contributed by atoms with Crippen LogP contribution in [0.4, 0.5) is 5.69 Å². The Morgan fingerprint density at radius 2 is 2.16 bits per heavy atom. The molecule has 2 rings (SSSR count). The zero-order chi connectivity index (χ0) is 13.7. The van der Waals surface area contributed by atoms with Crippen molar-refractivity contribution in [1.29, 1.82) is 0 Å². The van der Waals surface area contributed by atoms with Gasteiger partial charge in [-0.1, -0.05) is 12.1 Å². The maximum atomic E-state index is 10.5. The number of rotatable bonds is 3. The zero-order valence-corrected chi connectivity index (χ0v) is 11.1. The predicted octanol–water partition coefficient (Wildman–Crippen LogP) is 2.40. The zero-order valence-electron chi connectivity index (χ0n) is 11.1. The van der Waals surface area contributed by atoms with E-state index in [9.17, 15) is 4.79 Å². The van der Waals surface area contributed by atoms with Crippen LogP contribution in [-0.2, 0) is 9.53 Å². The van der Waals surface area contributed by atoms with Crippen molar-refractivity contribution < 1.29 is 14.6 Å². The highest BCUT2D eigenvalue weighted by Gasteiger charge is 2.14. The number of ether oxygens (including phenoxy) is 1. The molecule has 0 radical (unpaired) electrons. The fourth-order valence-corrected chi connectivity index (χ4v) is 2.19. The van der Waals surface area contributed by atoms with Gasteiger partial charge in [-0.25, -0.2) is 4.79 Å². The molecule has 1 N–H and O–H groups in total. The summed E-state index contributed by atoms with van der Waals surface area (Å²) >= 11 is 0. The number of carboxylic acid groups (broad SMARTS) is 1. The third kappa shape index (κ3) is 4.10. The number of carboxylic acids is 1. The van der Waals surface area contributed by atoms with Crippen LogP contribution in [0.15, 0.2) is 30.3 Å². The summed E-state index contributed by atoms with van der Waals surface area (Å²) in [6.45, 7) is 4.79. The molecule has 1 fully saturated rings. The average molecular weight is 261 g/mol. The van der Waals surface area contributed by atoms with Gasteiger partial charge in [0.2, 0.25) is 0 Å². The van der Waals surface area contributed by atoms with Gasteiger partial charge in [0.1, 0.15) is 0 Å². The summed E-state index contributed by atoms with van der Waals surface area (Å²) in [7, 11) is 0. The van der Waals surface area contributed by atoms with E-state index in [2.05, 4.69) is 11.8 Å². The van der Waals surface area contributed by atoms with Crippen LogP contribution < -0.4 is 4.90 Å². The Morgan fingerprint density at radius 1 is 1.42 bits per heavy atom. The van der Waals surface area contributed by atoms with Crippen LogP contribution in [-0.4, -0.2) is 36.9 Å². The highest BCUT2D eigenvalue weighted by Crippen LogP contribution is 2.19. The summed E-state index contributed by atoms with van der Waals surface area (Å²) in [5.41, 5.74) is 2.05. The van der Waals surface area contributed by atoms with Crippen molar-refractivity contribution in [2.24, 2.45) is 0 Å². The molecule has 1 heterocycles. The normalized spacial score (nSPS) is 20.5.